The van der Waals surface area contributed by atoms with Gasteiger partial charge in [0.1, 0.15) is 6.04 Å². The molecule has 3 fully saturated rings. The van der Waals surface area contributed by atoms with E-state index < -0.39 is 34.6 Å². The minimum absolute atomic E-state index is 0.140. The van der Waals surface area contributed by atoms with Gasteiger partial charge in [0.25, 0.3) is 5.91 Å². The van der Waals surface area contributed by atoms with Crippen molar-refractivity contribution in [3.05, 3.63) is 41.9 Å². The van der Waals surface area contributed by atoms with E-state index in [-0.39, 0.29) is 41.0 Å². The van der Waals surface area contributed by atoms with Gasteiger partial charge in [0, 0.05) is 16.6 Å². The molecule has 2 amide bonds. The first-order valence-electron chi connectivity index (χ1n) is 11.7. The minimum Gasteiger partial charge on any atom is -0.481 e. The monoisotopic (exact) mass is 584 g/mol. The number of amides is 2. The summed E-state index contributed by atoms with van der Waals surface area (Å²) in [7, 11) is 0. The second-order valence-corrected chi connectivity index (χ2v) is 13.0. The number of halogens is 2. The number of benzene rings is 1. The molecule has 1 spiro atoms. The van der Waals surface area contributed by atoms with Crippen LogP contribution < -0.4 is 4.90 Å². The highest BCUT2D eigenvalue weighted by molar-refractivity contribution is 9.09. The predicted molar refractivity (Wildman–Crippen MR) is 141 cm³/mol. The number of hydrogen-bond acceptors (Lipinski definition) is 5. The molecule has 3 saturated heterocycles. The number of aliphatic hydroxyl groups excluding tert-OH is 1. The van der Waals surface area contributed by atoms with Crippen LogP contribution in [0.1, 0.15) is 26.7 Å². The Hall–Kier alpha value is -1.55. The third-order valence-electron chi connectivity index (χ3n) is 7.31. The smallest absolute Gasteiger partial charge is 0.308 e. The van der Waals surface area contributed by atoms with E-state index in [4.69, 9.17) is 11.6 Å². The van der Waals surface area contributed by atoms with Gasteiger partial charge >= 0.3 is 5.97 Å². The number of alkyl halides is 1. The number of likely N-dealkylation sites (tertiary alicyclic amines) is 1. The average molecular weight is 586 g/mol. The fourth-order valence-electron chi connectivity index (χ4n) is 6.10. The van der Waals surface area contributed by atoms with Crippen LogP contribution in [0.3, 0.4) is 0 Å². The van der Waals surface area contributed by atoms with Gasteiger partial charge in [-0.2, -0.15) is 0 Å². The predicted octanol–water partition coefficient (Wildman–Crippen LogP) is 3.82. The zero-order valence-electron chi connectivity index (χ0n) is 19.6. The van der Waals surface area contributed by atoms with Gasteiger partial charge < -0.3 is 20.0 Å². The van der Waals surface area contributed by atoms with E-state index in [0.29, 0.717) is 23.6 Å². The first kappa shape index (κ1) is 26.5. The number of aliphatic hydroxyl groups is 1. The normalized spacial score (nSPS) is 32.1. The summed E-state index contributed by atoms with van der Waals surface area (Å²) in [6, 6.07) is 5.45. The lowest BCUT2D eigenvalue weighted by atomic mass is 9.71. The molecular formula is C25H30BrClN2O5S. The van der Waals surface area contributed by atoms with Gasteiger partial charge in [-0.15, -0.1) is 18.3 Å². The minimum atomic E-state index is -1.03. The van der Waals surface area contributed by atoms with E-state index >= 15 is 0 Å². The zero-order valence-corrected chi connectivity index (χ0v) is 22.8. The number of carbonyl (C=O) groups excluding carboxylic acids is 2. The average Bonchev–Trinajstić information content (AvgIpc) is 3.39. The van der Waals surface area contributed by atoms with Crippen molar-refractivity contribution in [2.75, 3.05) is 18.1 Å². The molecule has 4 rings (SSSR count). The zero-order chi connectivity index (χ0) is 25.7. The molecule has 3 aliphatic rings. The molecule has 3 heterocycles. The van der Waals surface area contributed by atoms with Gasteiger partial charge in [0.05, 0.1) is 39.9 Å². The van der Waals surface area contributed by atoms with Gasteiger partial charge in [0.15, 0.2) is 0 Å². The Labute approximate surface area is 223 Å². The molecule has 0 saturated carbocycles. The molecule has 2 N–H and O–H groups in total. The lowest BCUT2D eigenvalue weighted by molar-refractivity contribution is -0.149. The maximum atomic E-state index is 14.4. The van der Waals surface area contributed by atoms with Gasteiger partial charge in [-0.3, -0.25) is 14.4 Å². The molecule has 0 aromatic heterocycles. The van der Waals surface area contributed by atoms with Crippen LogP contribution in [0.4, 0.5) is 5.69 Å². The van der Waals surface area contributed by atoms with E-state index in [2.05, 4.69) is 22.5 Å². The number of fused-ring (bicyclic) bond motifs is 1. The van der Waals surface area contributed by atoms with Crippen LogP contribution in [-0.2, 0) is 14.4 Å². The van der Waals surface area contributed by atoms with Crippen molar-refractivity contribution in [2.24, 2.45) is 17.8 Å². The second kappa shape index (κ2) is 10.1. The highest BCUT2D eigenvalue weighted by atomic mass is 79.9. The van der Waals surface area contributed by atoms with E-state index in [1.807, 2.05) is 13.8 Å². The van der Waals surface area contributed by atoms with Crippen LogP contribution >= 0.6 is 39.3 Å². The van der Waals surface area contributed by atoms with Crippen molar-refractivity contribution in [3.8, 4) is 0 Å². The van der Waals surface area contributed by atoms with Crippen molar-refractivity contribution in [3.63, 3.8) is 0 Å². The van der Waals surface area contributed by atoms with Crippen LogP contribution in [0.2, 0.25) is 5.02 Å². The number of rotatable bonds is 9. The standard InChI is InChI=1S/C25H30BrClN2O5S/c1-4-9-28(17-8-6-5-7-16(17)27)23(32)21-25-11-15(26)20(35-25)18(24(33)34)19(25)22(31)29(21)14(12-30)10-13(2)3/h4-8,13-15,18-21,30H,1,9-12H2,2-3H3,(H,33,34)/t14-,15?,18-,19+,20-,21?,25?/m1/s1. The summed E-state index contributed by atoms with van der Waals surface area (Å²) < 4.78 is -0.916. The number of nitrogens with zero attached hydrogens (tertiary/aromatic N) is 2. The SMILES string of the molecule is C=CCN(C(=O)C1N([C@@H](CO)CC(C)C)C(=O)[C@@H]2[C@@H](C(=O)O)[C@@H]3SC12CC3Br)c1ccccc1Cl. The fourth-order valence-corrected chi connectivity index (χ4v) is 9.92. The highest BCUT2D eigenvalue weighted by Gasteiger charge is 2.76. The van der Waals surface area contributed by atoms with Gasteiger partial charge in [-0.05, 0) is 30.9 Å². The lowest BCUT2D eigenvalue weighted by Crippen LogP contribution is -2.58. The Kier molecular flexibility index (Phi) is 7.63. The van der Waals surface area contributed by atoms with Gasteiger partial charge in [-0.1, -0.05) is 59.6 Å². The molecule has 7 atom stereocenters. The Morgan fingerprint density at radius 2 is 2.09 bits per heavy atom. The quantitative estimate of drug-likeness (QED) is 0.338. The number of hydrogen-bond donors (Lipinski definition) is 2. The molecular weight excluding hydrogens is 556 g/mol. The molecule has 35 heavy (non-hydrogen) atoms. The molecule has 1 aromatic rings. The van der Waals surface area contributed by atoms with Gasteiger partial charge in [0.2, 0.25) is 5.91 Å². The van der Waals surface area contributed by atoms with Crippen LogP contribution in [0.5, 0.6) is 0 Å². The number of aliphatic carboxylic acids is 1. The van der Waals surface area contributed by atoms with Crippen LogP contribution in [0.25, 0.3) is 0 Å². The third-order valence-corrected chi connectivity index (χ3v) is 10.9. The van der Waals surface area contributed by atoms with Crippen molar-refractivity contribution < 1.29 is 24.6 Å². The molecule has 0 aliphatic carbocycles. The molecule has 190 valence electrons. The first-order valence-corrected chi connectivity index (χ1v) is 13.9. The fraction of sp³-hybridized carbons (Fsp3) is 0.560. The number of carbonyl (C=O) groups is 3. The van der Waals surface area contributed by atoms with Gasteiger partial charge in [-0.25, -0.2) is 0 Å². The highest BCUT2D eigenvalue weighted by Crippen LogP contribution is 2.68. The summed E-state index contributed by atoms with van der Waals surface area (Å²) >= 11 is 11.6. The summed E-state index contributed by atoms with van der Waals surface area (Å²) in [6.07, 6.45) is 2.58. The molecule has 1 aromatic carbocycles. The van der Waals surface area contributed by atoms with E-state index in [1.54, 1.807) is 30.3 Å². The van der Waals surface area contributed by atoms with Crippen LogP contribution in [-0.4, -0.2) is 73.0 Å². The number of para-hydroxylation sites is 1. The number of carboxylic acid groups (broad SMARTS) is 1. The Morgan fingerprint density at radius 3 is 2.66 bits per heavy atom. The summed E-state index contributed by atoms with van der Waals surface area (Å²) in [5.74, 6) is -3.31. The summed E-state index contributed by atoms with van der Waals surface area (Å²) in [5.41, 5.74) is 0.499. The molecule has 3 aliphatic heterocycles. The van der Waals surface area contributed by atoms with Crippen LogP contribution in [0.15, 0.2) is 36.9 Å². The third kappa shape index (κ3) is 4.22. The molecule has 7 nitrogen and oxygen atoms in total. The maximum absolute atomic E-state index is 14.4. The molecule has 10 heteroatoms. The number of anilines is 1. The molecule has 0 radical (unpaired) electrons. The number of carboxylic acids is 1. The lowest BCUT2D eigenvalue weighted by Gasteiger charge is -2.40. The Bertz CT molecular complexity index is 1040. The summed E-state index contributed by atoms with van der Waals surface area (Å²) in [4.78, 5) is 43.6. The van der Waals surface area contributed by atoms with Crippen molar-refractivity contribution in [1.82, 2.24) is 4.90 Å². The first-order chi connectivity index (χ1) is 16.6. The van der Waals surface area contributed by atoms with Crippen LogP contribution in [0, 0.1) is 17.8 Å². The second-order valence-electron chi connectivity index (χ2n) is 9.90. The summed E-state index contributed by atoms with van der Waals surface area (Å²) in [6.45, 7) is 7.64. The number of thioether (sulfide) groups is 1. The van der Waals surface area contributed by atoms with E-state index in [9.17, 15) is 24.6 Å². The van der Waals surface area contributed by atoms with Crippen molar-refractivity contribution in [2.45, 2.75) is 53.6 Å². The largest absolute Gasteiger partial charge is 0.481 e. The molecule has 2 bridgehead atoms. The maximum Gasteiger partial charge on any atom is 0.308 e. The Morgan fingerprint density at radius 1 is 1.40 bits per heavy atom. The van der Waals surface area contributed by atoms with Crippen molar-refractivity contribution >= 4 is 62.8 Å². The van der Waals surface area contributed by atoms with Crippen molar-refractivity contribution in [1.29, 1.82) is 0 Å². The Balaban J connectivity index is 1.87. The topological polar surface area (TPSA) is 98.2 Å². The van der Waals surface area contributed by atoms with E-state index in [0.717, 1.165) is 0 Å². The molecule has 3 unspecified atom stereocenters. The van der Waals surface area contributed by atoms with E-state index in [1.165, 1.54) is 21.6 Å². The summed E-state index contributed by atoms with van der Waals surface area (Å²) in [5, 5.41) is 20.5.